The molecular formula is C10H8ClF2N3O. The van der Waals surface area contributed by atoms with Crippen LogP contribution in [0.3, 0.4) is 0 Å². The molecule has 0 radical (unpaired) electrons. The van der Waals surface area contributed by atoms with Gasteiger partial charge < -0.3 is 10.3 Å². The van der Waals surface area contributed by atoms with Crippen LogP contribution in [0.2, 0.25) is 0 Å². The van der Waals surface area contributed by atoms with Crippen LogP contribution >= 0.6 is 11.6 Å². The molecule has 0 saturated heterocycles. The van der Waals surface area contributed by atoms with E-state index < -0.39 is 17.3 Å². The highest BCUT2D eigenvalue weighted by molar-refractivity contribution is 6.21. The highest BCUT2D eigenvalue weighted by atomic mass is 35.5. The number of nitrogens with zero attached hydrogens (tertiary/aromatic N) is 2. The van der Waals surface area contributed by atoms with E-state index >= 15 is 0 Å². The molecule has 2 rings (SSSR count). The molecule has 0 aliphatic carbocycles. The Balaban J connectivity index is 2.27. The van der Waals surface area contributed by atoms with Crippen LogP contribution in [0, 0.1) is 0 Å². The minimum atomic E-state index is -3.68. The van der Waals surface area contributed by atoms with Crippen LogP contribution in [0.25, 0.3) is 0 Å². The van der Waals surface area contributed by atoms with Gasteiger partial charge in [-0.3, -0.25) is 0 Å². The van der Waals surface area contributed by atoms with Crippen LogP contribution in [0.15, 0.2) is 34.9 Å². The Hall–Kier alpha value is -1.53. The summed E-state index contributed by atoms with van der Waals surface area (Å²) in [5.74, 6) is -0.993. The van der Waals surface area contributed by atoms with Gasteiger partial charge in [0.25, 0.3) is 0 Å². The molecule has 1 aromatic carbocycles. The second-order valence-electron chi connectivity index (χ2n) is 3.34. The SMILES string of the molecule is NC(c1ccccc1)c1noc(C(F)(F)Cl)n1. The first-order valence-corrected chi connectivity index (χ1v) is 5.07. The minimum absolute atomic E-state index is 0.0356. The van der Waals surface area contributed by atoms with Gasteiger partial charge in [-0.05, 0) is 17.2 Å². The van der Waals surface area contributed by atoms with Crippen LogP contribution in [0.4, 0.5) is 8.78 Å². The molecule has 0 fully saturated rings. The molecule has 1 unspecified atom stereocenters. The maximum Gasteiger partial charge on any atom is 0.400 e. The zero-order valence-corrected chi connectivity index (χ0v) is 9.23. The summed E-state index contributed by atoms with van der Waals surface area (Å²) in [6.45, 7) is 0. The second kappa shape index (κ2) is 4.38. The molecule has 0 bridgehead atoms. The fraction of sp³-hybridized carbons (Fsp3) is 0.200. The monoisotopic (exact) mass is 259 g/mol. The number of alkyl halides is 3. The first-order valence-electron chi connectivity index (χ1n) is 4.70. The molecule has 1 atom stereocenters. The molecular weight excluding hydrogens is 252 g/mol. The normalized spacial score (nSPS) is 13.6. The van der Waals surface area contributed by atoms with Gasteiger partial charge in [-0.1, -0.05) is 35.5 Å². The van der Waals surface area contributed by atoms with E-state index in [9.17, 15) is 8.78 Å². The van der Waals surface area contributed by atoms with Crippen molar-refractivity contribution in [3.63, 3.8) is 0 Å². The van der Waals surface area contributed by atoms with Crippen LogP contribution in [0.5, 0.6) is 0 Å². The van der Waals surface area contributed by atoms with Crippen molar-refractivity contribution in [1.82, 2.24) is 10.1 Å². The predicted molar refractivity (Wildman–Crippen MR) is 56.5 cm³/mol. The van der Waals surface area contributed by atoms with Gasteiger partial charge >= 0.3 is 11.3 Å². The number of halogens is 3. The number of hydrogen-bond acceptors (Lipinski definition) is 4. The third-order valence-electron chi connectivity index (χ3n) is 2.12. The van der Waals surface area contributed by atoms with E-state index in [0.29, 0.717) is 5.56 Å². The fourth-order valence-electron chi connectivity index (χ4n) is 1.29. The van der Waals surface area contributed by atoms with E-state index in [1.54, 1.807) is 24.3 Å². The Morgan fingerprint density at radius 3 is 2.47 bits per heavy atom. The third kappa shape index (κ3) is 2.59. The molecule has 1 heterocycles. The molecule has 90 valence electrons. The average Bonchev–Trinajstić information content (AvgIpc) is 2.78. The van der Waals surface area contributed by atoms with Gasteiger partial charge in [0.15, 0.2) is 5.82 Å². The zero-order valence-electron chi connectivity index (χ0n) is 8.48. The molecule has 4 nitrogen and oxygen atoms in total. The van der Waals surface area contributed by atoms with Crippen molar-refractivity contribution in [2.24, 2.45) is 5.73 Å². The summed E-state index contributed by atoms with van der Waals surface area (Å²) in [6.07, 6.45) is 0. The Morgan fingerprint density at radius 1 is 1.29 bits per heavy atom. The van der Waals surface area contributed by atoms with Crippen molar-refractivity contribution in [2.75, 3.05) is 0 Å². The van der Waals surface area contributed by atoms with Gasteiger partial charge in [-0.25, -0.2) is 0 Å². The number of aromatic nitrogens is 2. The Bertz CT molecular complexity index is 498. The van der Waals surface area contributed by atoms with E-state index in [1.165, 1.54) is 0 Å². The lowest BCUT2D eigenvalue weighted by atomic mass is 10.1. The summed E-state index contributed by atoms with van der Waals surface area (Å²) in [5, 5.41) is -0.296. The summed E-state index contributed by atoms with van der Waals surface area (Å²) in [5.41, 5.74) is 6.49. The summed E-state index contributed by atoms with van der Waals surface area (Å²) in [4.78, 5) is 3.47. The van der Waals surface area contributed by atoms with Crippen LogP contribution in [-0.4, -0.2) is 10.1 Å². The zero-order chi connectivity index (χ0) is 12.5. The van der Waals surface area contributed by atoms with Gasteiger partial charge in [-0.2, -0.15) is 13.8 Å². The molecule has 17 heavy (non-hydrogen) atoms. The van der Waals surface area contributed by atoms with E-state index in [1.807, 2.05) is 6.07 Å². The molecule has 2 N–H and O–H groups in total. The first kappa shape index (κ1) is 11.9. The molecule has 7 heteroatoms. The minimum Gasteiger partial charge on any atom is -0.331 e. The average molecular weight is 260 g/mol. The molecule has 0 aliphatic heterocycles. The van der Waals surface area contributed by atoms with Crippen LogP contribution in [-0.2, 0) is 5.38 Å². The number of hydrogen-bond donors (Lipinski definition) is 1. The molecule has 0 saturated carbocycles. The van der Waals surface area contributed by atoms with Crippen molar-refractivity contribution in [3.8, 4) is 0 Å². The largest absolute Gasteiger partial charge is 0.400 e. The Kier molecular flexibility index (Phi) is 3.08. The van der Waals surface area contributed by atoms with Gasteiger partial charge in [0.2, 0.25) is 0 Å². The maximum atomic E-state index is 12.7. The van der Waals surface area contributed by atoms with Crippen LogP contribution in [0.1, 0.15) is 23.3 Å². The maximum absolute atomic E-state index is 12.7. The topological polar surface area (TPSA) is 64.9 Å². The van der Waals surface area contributed by atoms with Crippen LogP contribution < -0.4 is 5.73 Å². The van der Waals surface area contributed by atoms with Gasteiger partial charge in [0.1, 0.15) is 0 Å². The summed E-state index contributed by atoms with van der Waals surface area (Å²) < 4.78 is 29.7. The third-order valence-corrected chi connectivity index (χ3v) is 2.28. The number of nitrogens with two attached hydrogens (primary N) is 1. The smallest absolute Gasteiger partial charge is 0.331 e. The highest BCUT2D eigenvalue weighted by Crippen LogP contribution is 2.31. The molecule has 0 amide bonds. The molecule has 0 spiro atoms. The van der Waals surface area contributed by atoms with Crippen molar-refractivity contribution < 1.29 is 13.3 Å². The fourth-order valence-corrected chi connectivity index (χ4v) is 1.36. The molecule has 0 aliphatic rings. The van der Waals surface area contributed by atoms with E-state index in [2.05, 4.69) is 14.7 Å². The van der Waals surface area contributed by atoms with Gasteiger partial charge in [-0.15, -0.1) is 0 Å². The standard InChI is InChI=1S/C10H8ClF2N3O/c11-10(12,13)9-15-8(16-17-9)7(14)6-4-2-1-3-5-6/h1-5,7H,14H2. The first-order chi connectivity index (χ1) is 7.98. The van der Waals surface area contributed by atoms with Gasteiger partial charge in [0, 0.05) is 0 Å². The Morgan fingerprint density at radius 2 is 1.94 bits per heavy atom. The predicted octanol–water partition coefficient (Wildman–Crippen LogP) is 2.41. The van der Waals surface area contributed by atoms with E-state index in [0.717, 1.165) is 0 Å². The van der Waals surface area contributed by atoms with Crippen molar-refractivity contribution in [2.45, 2.75) is 11.4 Å². The summed E-state index contributed by atoms with van der Waals surface area (Å²) in [6, 6.07) is 8.09. The number of benzene rings is 1. The van der Waals surface area contributed by atoms with Crippen molar-refractivity contribution >= 4 is 11.6 Å². The summed E-state index contributed by atoms with van der Waals surface area (Å²) in [7, 11) is 0. The quantitative estimate of drug-likeness (QED) is 0.860. The van der Waals surface area contributed by atoms with E-state index in [-0.39, 0.29) is 5.82 Å². The van der Waals surface area contributed by atoms with Gasteiger partial charge in [0.05, 0.1) is 6.04 Å². The highest BCUT2D eigenvalue weighted by Gasteiger charge is 2.36. The number of rotatable bonds is 3. The van der Waals surface area contributed by atoms with E-state index in [4.69, 9.17) is 17.3 Å². The van der Waals surface area contributed by atoms with Crippen molar-refractivity contribution in [1.29, 1.82) is 0 Å². The van der Waals surface area contributed by atoms with Crippen molar-refractivity contribution in [3.05, 3.63) is 47.6 Å². The lowest BCUT2D eigenvalue weighted by Gasteiger charge is -2.06. The summed E-state index contributed by atoms with van der Waals surface area (Å²) >= 11 is 4.75. The lowest BCUT2D eigenvalue weighted by molar-refractivity contribution is 0.0550. The molecule has 2 aromatic rings. The molecule has 1 aromatic heterocycles. The second-order valence-corrected chi connectivity index (χ2v) is 3.82. The Labute approximate surface area is 100 Å². The lowest BCUT2D eigenvalue weighted by Crippen LogP contribution is -2.14.